The van der Waals surface area contributed by atoms with Crippen LogP contribution in [-0.2, 0) is 6.42 Å². The summed E-state index contributed by atoms with van der Waals surface area (Å²) in [5.41, 5.74) is 1.61. The summed E-state index contributed by atoms with van der Waals surface area (Å²) in [6, 6.07) is 6.97. The Labute approximate surface area is 77.4 Å². The summed E-state index contributed by atoms with van der Waals surface area (Å²) in [7, 11) is -1.57. The van der Waals surface area contributed by atoms with E-state index in [-0.39, 0.29) is 5.46 Å². The molecule has 0 aliphatic carbocycles. The van der Waals surface area contributed by atoms with Gasteiger partial charge in [0.2, 0.25) is 0 Å². The molecular weight excluding hydrogens is 165 g/mol. The second-order valence-corrected chi connectivity index (χ2v) is 2.76. The Bertz CT molecular complexity index is 344. The van der Waals surface area contributed by atoms with Crippen LogP contribution in [0.1, 0.15) is 18.1 Å². The van der Waals surface area contributed by atoms with Gasteiger partial charge < -0.3 is 10.0 Å². The van der Waals surface area contributed by atoms with Crippen LogP contribution in [0, 0.1) is 11.3 Å². The third kappa shape index (κ3) is 2.08. The summed E-state index contributed by atoms with van der Waals surface area (Å²) in [4.78, 5) is 0. The van der Waals surface area contributed by atoms with Gasteiger partial charge in [0.1, 0.15) is 0 Å². The minimum absolute atomic E-state index is 0.264. The zero-order valence-electron chi connectivity index (χ0n) is 7.36. The van der Waals surface area contributed by atoms with Crippen molar-refractivity contribution in [2.45, 2.75) is 13.3 Å². The number of hydrogen-bond acceptors (Lipinski definition) is 3. The van der Waals surface area contributed by atoms with Gasteiger partial charge >= 0.3 is 7.12 Å². The zero-order chi connectivity index (χ0) is 9.84. The zero-order valence-corrected chi connectivity index (χ0v) is 7.36. The molecule has 0 saturated heterocycles. The van der Waals surface area contributed by atoms with Gasteiger partial charge in [-0.3, -0.25) is 0 Å². The van der Waals surface area contributed by atoms with Gasteiger partial charge in [0, 0.05) is 0 Å². The van der Waals surface area contributed by atoms with Crippen LogP contribution in [-0.4, -0.2) is 17.2 Å². The van der Waals surface area contributed by atoms with Crippen molar-refractivity contribution >= 4 is 12.6 Å². The number of nitriles is 1. The van der Waals surface area contributed by atoms with Gasteiger partial charge in [-0.25, -0.2) is 0 Å². The van der Waals surface area contributed by atoms with E-state index in [1.807, 2.05) is 13.0 Å². The quantitative estimate of drug-likeness (QED) is 0.611. The van der Waals surface area contributed by atoms with E-state index in [9.17, 15) is 0 Å². The molecule has 1 rings (SSSR count). The molecule has 0 atom stereocenters. The van der Waals surface area contributed by atoms with E-state index < -0.39 is 7.12 Å². The van der Waals surface area contributed by atoms with Gasteiger partial charge in [0.25, 0.3) is 0 Å². The molecule has 2 N–H and O–H groups in total. The van der Waals surface area contributed by atoms with Crippen LogP contribution in [0.3, 0.4) is 0 Å². The van der Waals surface area contributed by atoms with Crippen LogP contribution in [0.15, 0.2) is 18.2 Å². The van der Waals surface area contributed by atoms with Crippen LogP contribution < -0.4 is 5.46 Å². The van der Waals surface area contributed by atoms with E-state index in [0.717, 1.165) is 12.0 Å². The molecule has 0 radical (unpaired) electrons. The standard InChI is InChI=1S/C9H10BNO2/c1-2-7-3-4-9(10(12)13)8(5-7)6-11/h3-5,12-13H,2H2,1H3. The number of aryl methyl sites for hydroxylation is 1. The summed E-state index contributed by atoms with van der Waals surface area (Å²) < 4.78 is 0. The van der Waals surface area contributed by atoms with Gasteiger partial charge in [-0.2, -0.15) is 5.26 Å². The number of nitrogens with zero attached hydrogens (tertiary/aromatic N) is 1. The number of rotatable bonds is 2. The average molecular weight is 175 g/mol. The topological polar surface area (TPSA) is 64.2 Å². The fraction of sp³-hybridized carbons (Fsp3) is 0.222. The lowest BCUT2D eigenvalue weighted by Gasteiger charge is -2.03. The molecule has 0 unspecified atom stereocenters. The van der Waals surface area contributed by atoms with Crippen molar-refractivity contribution < 1.29 is 10.0 Å². The third-order valence-corrected chi connectivity index (χ3v) is 1.92. The molecule has 0 bridgehead atoms. The molecule has 1 aromatic carbocycles. The van der Waals surface area contributed by atoms with Crippen molar-refractivity contribution in [1.29, 1.82) is 5.26 Å². The molecular formula is C9H10BNO2. The van der Waals surface area contributed by atoms with Gasteiger partial charge in [-0.15, -0.1) is 0 Å². The van der Waals surface area contributed by atoms with Crippen molar-refractivity contribution in [2.75, 3.05) is 0 Å². The molecule has 0 aliphatic rings. The van der Waals surface area contributed by atoms with E-state index in [1.54, 1.807) is 18.2 Å². The van der Waals surface area contributed by atoms with Gasteiger partial charge in [-0.1, -0.05) is 19.1 Å². The Morgan fingerprint density at radius 3 is 2.62 bits per heavy atom. The van der Waals surface area contributed by atoms with Crippen LogP contribution in [0.5, 0.6) is 0 Å². The Hall–Kier alpha value is -1.31. The van der Waals surface area contributed by atoms with Crippen LogP contribution in [0.4, 0.5) is 0 Å². The summed E-state index contributed by atoms with van der Waals surface area (Å²) in [5, 5.41) is 26.5. The lowest BCUT2D eigenvalue weighted by molar-refractivity contribution is 0.425. The predicted octanol–water partition coefficient (Wildman–Crippen LogP) is -0.200. The molecule has 0 amide bonds. The highest BCUT2D eigenvalue weighted by molar-refractivity contribution is 6.59. The van der Waals surface area contributed by atoms with E-state index >= 15 is 0 Å². The lowest BCUT2D eigenvalue weighted by atomic mass is 9.76. The van der Waals surface area contributed by atoms with E-state index in [4.69, 9.17) is 15.3 Å². The highest BCUT2D eigenvalue weighted by Crippen LogP contribution is 2.03. The Kier molecular flexibility index (Phi) is 3.07. The van der Waals surface area contributed by atoms with Crippen molar-refractivity contribution in [2.24, 2.45) is 0 Å². The second kappa shape index (κ2) is 4.08. The fourth-order valence-corrected chi connectivity index (χ4v) is 1.15. The van der Waals surface area contributed by atoms with Crippen molar-refractivity contribution in [3.8, 4) is 6.07 Å². The molecule has 4 heteroatoms. The van der Waals surface area contributed by atoms with Crippen molar-refractivity contribution in [3.05, 3.63) is 29.3 Å². The van der Waals surface area contributed by atoms with Gasteiger partial charge in [-0.05, 0) is 23.5 Å². The predicted molar refractivity (Wildman–Crippen MR) is 50.4 cm³/mol. The summed E-state index contributed by atoms with van der Waals surface area (Å²) in [5.74, 6) is 0. The Morgan fingerprint density at radius 2 is 2.15 bits per heavy atom. The number of benzene rings is 1. The molecule has 0 aromatic heterocycles. The van der Waals surface area contributed by atoms with E-state index in [0.29, 0.717) is 5.56 Å². The maximum Gasteiger partial charge on any atom is 0.489 e. The molecule has 1 aromatic rings. The Morgan fingerprint density at radius 1 is 1.46 bits per heavy atom. The lowest BCUT2D eigenvalue weighted by Crippen LogP contribution is -2.32. The molecule has 0 aliphatic heterocycles. The van der Waals surface area contributed by atoms with Crippen LogP contribution in [0.25, 0.3) is 0 Å². The van der Waals surface area contributed by atoms with Gasteiger partial charge in [0.05, 0.1) is 11.6 Å². The molecule has 13 heavy (non-hydrogen) atoms. The first-order chi connectivity index (χ1) is 6.19. The first kappa shape index (κ1) is 9.78. The van der Waals surface area contributed by atoms with Gasteiger partial charge in [0.15, 0.2) is 0 Å². The first-order valence-electron chi connectivity index (χ1n) is 4.08. The number of hydrogen-bond donors (Lipinski definition) is 2. The molecule has 66 valence electrons. The van der Waals surface area contributed by atoms with Crippen molar-refractivity contribution in [1.82, 2.24) is 0 Å². The summed E-state index contributed by atoms with van der Waals surface area (Å²) in [6.45, 7) is 1.98. The first-order valence-corrected chi connectivity index (χ1v) is 4.08. The van der Waals surface area contributed by atoms with E-state index in [1.165, 1.54) is 0 Å². The molecule has 3 nitrogen and oxygen atoms in total. The molecule has 0 heterocycles. The highest BCUT2D eigenvalue weighted by atomic mass is 16.4. The second-order valence-electron chi connectivity index (χ2n) is 2.76. The largest absolute Gasteiger partial charge is 0.489 e. The summed E-state index contributed by atoms with van der Waals surface area (Å²) in [6.07, 6.45) is 0.830. The monoisotopic (exact) mass is 175 g/mol. The molecule has 0 fully saturated rings. The minimum Gasteiger partial charge on any atom is -0.423 e. The fourth-order valence-electron chi connectivity index (χ4n) is 1.15. The van der Waals surface area contributed by atoms with Crippen molar-refractivity contribution in [3.63, 3.8) is 0 Å². The smallest absolute Gasteiger partial charge is 0.423 e. The normalized spacial score (nSPS) is 9.38. The van der Waals surface area contributed by atoms with Crippen LogP contribution in [0.2, 0.25) is 0 Å². The third-order valence-electron chi connectivity index (χ3n) is 1.92. The summed E-state index contributed by atoms with van der Waals surface area (Å²) >= 11 is 0. The maximum atomic E-state index is 8.90. The maximum absolute atomic E-state index is 8.90. The average Bonchev–Trinajstić information content (AvgIpc) is 2.16. The highest BCUT2D eigenvalue weighted by Gasteiger charge is 2.15. The molecule has 0 saturated carbocycles. The SMILES string of the molecule is CCc1ccc(B(O)O)c(C#N)c1. The van der Waals surface area contributed by atoms with E-state index in [2.05, 4.69) is 0 Å². The minimum atomic E-state index is -1.57. The Balaban J connectivity index is 3.18. The van der Waals surface area contributed by atoms with Crippen LogP contribution >= 0.6 is 0 Å². The molecule has 0 spiro atoms.